The fourth-order valence-corrected chi connectivity index (χ4v) is 2.33. The van der Waals surface area contributed by atoms with Crippen molar-refractivity contribution in [3.05, 3.63) is 21.9 Å². The second kappa shape index (κ2) is 5.28. The second-order valence-corrected chi connectivity index (χ2v) is 4.98. The van der Waals surface area contributed by atoms with Gasteiger partial charge in [-0.15, -0.1) is 11.3 Å². The summed E-state index contributed by atoms with van der Waals surface area (Å²) in [6.45, 7) is 4.53. The molecule has 15 heavy (non-hydrogen) atoms. The predicted octanol–water partition coefficient (Wildman–Crippen LogP) is 1.80. The summed E-state index contributed by atoms with van der Waals surface area (Å²) in [6, 6.07) is 4.34. The number of aryl methyl sites for hydroxylation is 1. The van der Waals surface area contributed by atoms with Crippen LogP contribution in [0.5, 0.6) is 0 Å². The lowest BCUT2D eigenvalue weighted by molar-refractivity contribution is -0.130. The van der Waals surface area contributed by atoms with Crippen LogP contribution in [0.15, 0.2) is 12.1 Å². The van der Waals surface area contributed by atoms with Gasteiger partial charge in [-0.3, -0.25) is 4.79 Å². The molecule has 0 aliphatic heterocycles. The van der Waals surface area contributed by atoms with E-state index in [4.69, 9.17) is 0 Å². The number of rotatable bonds is 4. The summed E-state index contributed by atoms with van der Waals surface area (Å²) < 4.78 is 0. The molecule has 1 aromatic rings. The molecule has 3 nitrogen and oxygen atoms in total. The third-order valence-electron chi connectivity index (χ3n) is 2.48. The molecular formula is C11H18N2OS. The van der Waals surface area contributed by atoms with Crippen LogP contribution in [0.2, 0.25) is 0 Å². The fourth-order valence-electron chi connectivity index (χ4n) is 1.36. The van der Waals surface area contributed by atoms with Gasteiger partial charge < -0.3 is 10.2 Å². The van der Waals surface area contributed by atoms with E-state index in [1.54, 1.807) is 23.3 Å². The standard InChI is InChI=1S/C11H18N2OS/c1-8-5-6-10(15-8)9(2)13(4)11(14)7-12-3/h5-6,9,12H,7H2,1-4H3. The molecule has 0 bridgehead atoms. The van der Waals surface area contributed by atoms with Crippen LogP contribution in [0.3, 0.4) is 0 Å². The molecular weight excluding hydrogens is 208 g/mol. The maximum Gasteiger partial charge on any atom is 0.236 e. The first-order valence-corrected chi connectivity index (χ1v) is 5.84. The van der Waals surface area contributed by atoms with E-state index < -0.39 is 0 Å². The molecule has 1 heterocycles. The van der Waals surface area contributed by atoms with Crippen LogP contribution in [0.25, 0.3) is 0 Å². The van der Waals surface area contributed by atoms with E-state index in [2.05, 4.69) is 31.3 Å². The van der Waals surface area contributed by atoms with Crippen molar-refractivity contribution < 1.29 is 4.79 Å². The first-order chi connectivity index (χ1) is 7.06. The summed E-state index contributed by atoms with van der Waals surface area (Å²) in [5.41, 5.74) is 0. The van der Waals surface area contributed by atoms with Gasteiger partial charge in [-0.2, -0.15) is 0 Å². The lowest BCUT2D eigenvalue weighted by Crippen LogP contribution is -2.35. The average Bonchev–Trinajstić information content (AvgIpc) is 2.63. The summed E-state index contributed by atoms with van der Waals surface area (Å²) in [5, 5.41) is 2.87. The van der Waals surface area contributed by atoms with Crippen LogP contribution in [0.1, 0.15) is 22.7 Å². The molecule has 1 rings (SSSR count). The minimum absolute atomic E-state index is 0.121. The summed E-state index contributed by atoms with van der Waals surface area (Å²) >= 11 is 1.75. The fraction of sp³-hybridized carbons (Fsp3) is 0.545. The first-order valence-electron chi connectivity index (χ1n) is 5.03. The quantitative estimate of drug-likeness (QED) is 0.849. The minimum Gasteiger partial charge on any atom is -0.337 e. The first kappa shape index (κ1) is 12.2. The predicted molar refractivity (Wildman–Crippen MR) is 64.2 cm³/mol. The van der Waals surface area contributed by atoms with Crippen molar-refractivity contribution in [1.82, 2.24) is 10.2 Å². The summed E-state index contributed by atoms with van der Waals surface area (Å²) in [6.07, 6.45) is 0. The number of carbonyl (C=O) groups excluding carboxylic acids is 1. The van der Waals surface area contributed by atoms with Crippen LogP contribution < -0.4 is 5.32 Å². The molecule has 0 radical (unpaired) electrons. The number of hydrogen-bond donors (Lipinski definition) is 1. The van der Waals surface area contributed by atoms with E-state index in [1.807, 2.05) is 7.05 Å². The highest BCUT2D eigenvalue weighted by atomic mass is 32.1. The Kier molecular flexibility index (Phi) is 4.29. The van der Waals surface area contributed by atoms with Gasteiger partial charge in [0.15, 0.2) is 0 Å². The molecule has 1 N–H and O–H groups in total. The summed E-state index contributed by atoms with van der Waals surface area (Å²) in [7, 11) is 3.63. The number of nitrogens with zero attached hydrogens (tertiary/aromatic N) is 1. The van der Waals surface area contributed by atoms with Gasteiger partial charge in [0.1, 0.15) is 0 Å². The molecule has 0 spiro atoms. The van der Waals surface area contributed by atoms with Crippen molar-refractivity contribution in [2.45, 2.75) is 19.9 Å². The molecule has 1 amide bonds. The van der Waals surface area contributed by atoms with Gasteiger partial charge >= 0.3 is 0 Å². The third-order valence-corrected chi connectivity index (χ3v) is 3.65. The lowest BCUT2D eigenvalue weighted by atomic mass is 10.2. The SMILES string of the molecule is CNCC(=O)N(C)C(C)c1ccc(C)s1. The van der Waals surface area contributed by atoms with Crippen molar-refractivity contribution >= 4 is 17.2 Å². The van der Waals surface area contributed by atoms with Gasteiger partial charge in [0, 0.05) is 16.8 Å². The Morgan fingerprint density at radius 2 is 2.27 bits per heavy atom. The molecule has 0 aliphatic rings. The number of amides is 1. The smallest absolute Gasteiger partial charge is 0.236 e. The van der Waals surface area contributed by atoms with Gasteiger partial charge in [-0.05, 0) is 33.0 Å². The van der Waals surface area contributed by atoms with E-state index in [1.165, 1.54) is 9.75 Å². The second-order valence-electron chi connectivity index (χ2n) is 3.66. The molecule has 1 aromatic heterocycles. The van der Waals surface area contributed by atoms with Crippen molar-refractivity contribution in [3.63, 3.8) is 0 Å². The molecule has 0 saturated carbocycles. The number of nitrogens with one attached hydrogen (secondary N) is 1. The van der Waals surface area contributed by atoms with Crippen LogP contribution >= 0.6 is 11.3 Å². The third kappa shape index (κ3) is 3.04. The topological polar surface area (TPSA) is 32.3 Å². The number of carbonyl (C=O) groups is 1. The normalized spacial score (nSPS) is 12.5. The van der Waals surface area contributed by atoms with Crippen molar-refractivity contribution in [2.24, 2.45) is 0 Å². The summed E-state index contributed by atoms with van der Waals surface area (Å²) in [5.74, 6) is 0.121. The number of hydrogen-bond acceptors (Lipinski definition) is 3. The van der Waals surface area contributed by atoms with E-state index in [0.29, 0.717) is 6.54 Å². The lowest BCUT2D eigenvalue weighted by Gasteiger charge is -2.24. The monoisotopic (exact) mass is 226 g/mol. The van der Waals surface area contributed by atoms with E-state index in [9.17, 15) is 4.79 Å². The largest absolute Gasteiger partial charge is 0.337 e. The van der Waals surface area contributed by atoms with Gasteiger partial charge in [-0.1, -0.05) is 0 Å². The Labute approximate surface area is 95.1 Å². The molecule has 0 aliphatic carbocycles. The van der Waals surface area contributed by atoms with Gasteiger partial charge in [0.25, 0.3) is 0 Å². The Balaban J connectivity index is 2.67. The van der Waals surface area contributed by atoms with Crippen LogP contribution in [-0.2, 0) is 4.79 Å². The number of likely N-dealkylation sites (N-methyl/N-ethyl adjacent to an activating group) is 2. The Morgan fingerprint density at radius 3 is 2.73 bits per heavy atom. The van der Waals surface area contributed by atoms with Crippen molar-refractivity contribution in [3.8, 4) is 0 Å². The van der Waals surface area contributed by atoms with Crippen molar-refractivity contribution in [1.29, 1.82) is 0 Å². The highest BCUT2D eigenvalue weighted by molar-refractivity contribution is 7.12. The molecule has 84 valence electrons. The van der Waals surface area contributed by atoms with E-state index >= 15 is 0 Å². The van der Waals surface area contributed by atoms with Crippen LogP contribution in [-0.4, -0.2) is 31.4 Å². The maximum absolute atomic E-state index is 11.6. The molecule has 4 heteroatoms. The molecule has 1 atom stereocenters. The molecule has 1 unspecified atom stereocenters. The van der Waals surface area contributed by atoms with Gasteiger partial charge in [0.2, 0.25) is 5.91 Å². The zero-order valence-corrected chi connectivity index (χ0v) is 10.5. The van der Waals surface area contributed by atoms with Crippen LogP contribution in [0, 0.1) is 6.92 Å². The van der Waals surface area contributed by atoms with Gasteiger partial charge in [-0.25, -0.2) is 0 Å². The molecule has 0 aromatic carbocycles. The zero-order chi connectivity index (χ0) is 11.4. The Bertz CT molecular complexity index is 335. The van der Waals surface area contributed by atoms with E-state index in [-0.39, 0.29) is 11.9 Å². The molecule has 0 fully saturated rings. The Morgan fingerprint density at radius 1 is 1.60 bits per heavy atom. The van der Waals surface area contributed by atoms with E-state index in [0.717, 1.165) is 0 Å². The Hall–Kier alpha value is -0.870. The highest BCUT2D eigenvalue weighted by Crippen LogP contribution is 2.26. The van der Waals surface area contributed by atoms with Gasteiger partial charge in [0.05, 0.1) is 12.6 Å². The minimum atomic E-state index is 0.121. The van der Waals surface area contributed by atoms with Crippen LogP contribution in [0.4, 0.5) is 0 Å². The molecule has 0 saturated heterocycles. The zero-order valence-electron chi connectivity index (χ0n) is 9.70. The highest BCUT2D eigenvalue weighted by Gasteiger charge is 2.17. The number of thiophene rings is 1. The summed E-state index contributed by atoms with van der Waals surface area (Å²) in [4.78, 5) is 15.9. The van der Waals surface area contributed by atoms with Crippen molar-refractivity contribution in [2.75, 3.05) is 20.6 Å². The maximum atomic E-state index is 11.6. The average molecular weight is 226 g/mol.